The number of carbonyl (C=O) groups is 1. The Morgan fingerprint density at radius 3 is 2.71 bits per heavy atom. The molecule has 130 valence electrons. The Bertz CT molecular complexity index is 597. The van der Waals surface area contributed by atoms with Crippen LogP contribution in [0.15, 0.2) is 24.3 Å². The Balaban J connectivity index is 1.45. The van der Waals surface area contributed by atoms with Gasteiger partial charge in [0.1, 0.15) is 0 Å². The molecule has 1 amide bonds. The van der Waals surface area contributed by atoms with Crippen molar-refractivity contribution in [3.63, 3.8) is 0 Å². The average Bonchev–Trinajstić information content (AvgIpc) is 3.25. The number of fused-ring (bicyclic) bond motifs is 2. The molecule has 0 radical (unpaired) electrons. The second kappa shape index (κ2) is 6.75. The first-order valence-electron chi connectivity index (χ1n) is 9.38. The molecule has 1 aliphatic heterocycles. The van der Waals surface area contributed by atoms with Gasteiger partial charge in [-0.05, 0) is 42.7 Å². The monoisotopic (exact) mass is 328 g/mol. The number of carbonyl (C=O) groups excluding carboxylic acids is 1. The van der Waals surface area contributed by atoms with Crippen LogP contribution in [0.25, 0.3) is 0 Å². The second-order valence-corrected chi connectivity index (χ2v) is 7.70. The van der Waals surface area contributed by atoms with E-state index in [4.69, 9.17) is 4.74 Å². The highest BCUT2D eigenvalue weighted by atomic mass is 16.5. The maximum atomic E-state index is 12.9. The summed E-state index contributed by atoms with van der Waals surface area (Å²) in [4.78, 5) is 17.3. The molecule has 0 N–H and O–H groups in total. The third-order valence-electron chi connectivity index (χ3n) is 6.18. The number of hydrogen-bond acceptors (Lipinski definition) is 3. The Morgan fingerprint density at radius 2 is 2.00 bits per heavy atom. The molecule has 2 aliphatic carbocycles. The van der Waals surface area contributed by atoms with Gasteiger partial charge in [0.2, 0.25) is 5.91 Å². The predicted molar refractivity (Wildman–Crippen MR) is 94.9 cm³/mol. The molecule has 4 rings (SSSR count). The van der Waals surface area contributed by atoms with Crippen molar-refractivity contribution < 1.29 is 9.53 Å². The lowest BCUT2D eigenvalue weighted by atomic mass is 9.88. The number of benzene rings is 1. The van der Waals surface area contributed by atoms with E-state index in [-0.39, 0.29) is 5.92 Å². The number of ether oxygens (including phenoxy) is 1. The first-order chi connectivity index (χ1) is 11.7. The predicted octanol–water partition coefficient (Wildman–Crippen LogP) is 2.92. The molecule has 4 heteroatoms. The molecule has 0 aromatic heterocycles. The highest BCUT2D eigenvalue weighted by Crippen LogP contribution is 2.48. The highest BCUT2D eigenvalue weighted by Gasteiger charge is 2.43. The van der Waals surface area contributed by atoms with Crippen LogP contribution >= 0.6 is 0 Å². The first-order valence-corrected chi connectivity index (χ1v) is 9.38. The van der Waals surface area contributed by atoms with E-state index in [1.165, 1.54) is 30.5 Å². The summed E-state index contributed by atoms with van der Waals surface area (Å²) in [6, 6.07) is 8.51. The van der Waals surface area contributed by atoms with Crippen molar-refractivity contribution in [1.82, 2.24) is 4.90 Å². The van der Waals surface area contributed by atoms with E-state index < -0.39 is 0 Å². The third-order valence-corrected chi connectivity index (χ3v) is 6.18. The van der Waals surface area contributed by atoms with Gasteiger partial charge >= 0.3 is 0 Å². The maximum Gasteiger partial charge on any atom is 0.226 e. The van der Waals surface area contributed by atoms with Crippen molar-refractivity contribution in [2.75, 3.05) is 38.3 Å². The summed E-state index contributed by atoms with van der Waals surface area (Å²) in [6.45, 7) is 4.14. The second-order valence-electron chi connectivity index (χ2n) is 7.70. The number of hydrogen-bond donors (Lipinski definition) is 0. The molecular formula is C20H28N2O2. The van der Waals surface area contributed by atoms with Crippen LogP contribution in [0.1, 0.15) is 31.2 Å². The Labute approximate surface area is 144 Å². The van der Waals surface area contributed by atoms with Crippen LogP contribution < -0.4 is 4.90 Å². The van der Waals surface area contributed by atoms with E-state index in [0.717, 1.165) is 38.6 Å². The van der Waals surface area contributed by atoms with Crippen molar-refractivity contribution in [2.45, 2.75) is 32.2 Å². The number of para-hydroxylation sites is 1. The smallest absolute Gasteiger partial charge is 0.226 e. The Hall–Kier alpha value is -1.55. The molecule has 4 nitrogen and oxygen atoms in total. The number of anilines is 1. The van der Waals surface area contributed by atoms with E-state index in [0.29, 0.717) is 18.4 Å². The van der Waals surface area contributed by atoms with Gasteiger partial charge in [0, 0.05) is 38.3 Å². The van der Waals surface area contributed by atoms with Crippen LogP contribution in [0.4, 0.5) is 5.69 Å². The number of amides is 1. The third kappa shape index (κ3) is 3.04. The van der Waals surface area contributed by atoms with Gasteiger partial charge in [0.25, 0.3) is 0 Å². The fourth-order valence-corrected chi connectivity index (χ4v) is 4.92. The van der Waals surface area contributed by atoms with E-state index in [1.54, 1.807) is 0 Å². The molecule has 24 heavy (non-hydrogen) atoms. The molecule has 1 heterocycles. The topological polar surface area (TPSA) is 32.8 Å². The SMILES string of the molecule is CN(Cc1ccccc1N1CCOCC1)C(=O)[C@H]1C[C@H]2CC[C@H]1C2. The fourth-order valence-electron chi connectivity index (χ4n) is 4.92. The van der Waals surface area contributed by atoms with Crippen molar-refractivity contribution in [3.8, 4) is 0 Å². The van der Waals surface area contributed by atoms with Crippen molar-refractivity contribution in [3.05, 3.63) is 29.8 Å². The van der Waals surface area contributed by atoms with Gasteiger partial charge in [-0.15, -0.1) is 0 Å². The lowest BCUT2D eigenvalue weighted by molar-refractivity contribution is -0.136. The lowest BCUT2D eigenvalue weighted by Gasteiger charge is -2.32. The van der Waals surface area contributed by atoms with Crippen LogP contribution in [-0.2, 0) is 16.1 Å². The summed E-state index contributed by atoms with van der Waals surface area (Å²) in [5, 5.41) is 0. The molecule has 1 aromatic rings. The summed E-state index contributed by atoms with van der Waals surface area (Å²) in [7, 11) is 1.98. The van der Waals surface area contributed by atoms with Gasteiger partial charge in [-0.1, -0.05) is 24.6 Å². The van der Waals surface area contributed by atoms with Crippen molar-refractivity contribution in [1.29, 1.82) is 0 Å². The van der Waals surface area contributed by atoms with Crippen LogP contribution in [0.2, 0.25) is 0 Å². The van der Waals surface area contributed by atoms with Crippen LogP contribution in [0.5, 0.6) is 0 Å². The number of rotatable bonds is 4. The normalized spacial score (nSPS) is 29.0. The number of morpholine rings is 1. The van der Waals surface area contributed by atoms with Crippen molar-refractivity contribution in [2.24, 2.45) is 17.8 Å². The van der Waals surface area contributed by atoms with Crippen LogP contribution in [0, 0.1) is 17.8 Å². The Kier molecular flexibility index (Phi) is 4.49. The lowest BCUT2D eigenvalue weighted by Crippen LogP contribution is -2.38. The zero-order valence-electron chi connectivity index (χ0n) is 14.6. The molecular weight excluding hydrogens is 300 g/mol. The zero-order chi connectivity index (χ0) is 16.5. The van der Waals surface area contributed by atoms with Gasteiger partial charge in [0.15, 0.2) is 0 Å². The molecule has 1 aromatic carbocycles. The van der Waals surface area contributed by atoms with Gasteiger partial charge < -0.3 is 14.5 Å². The maximum absolute atomic E-state index is 12.9. The number of nitrogens with zero attached hydrogens (tertiary/aromatic N) is 2. The van der Waals surface area contributed by atoms with Gasteiger partial charge in [-0.2, -0.15) is 0 Å². The van der Waals surface area contributed by atoms with E-state index >= 15 is 0 Å². The molecule has 3 atom stereocenters. The van der Waals surface area contributed by atoms with Crippen LogP contribution in [0.3, 0.4) is 0 Å². The van der Waals surface area contributed by atoms with Crippen molar-refractivity contribution >= 4 is 11.6 Å². The highest BCUT2D eigenvalue weighted by molar-refractivity contribution is 5.79. The quantitative estimate of drug-likeness (QED) is 0.852. The molecule has 2 bridgehead atoms. The molecule has 0 unspecified atom stereocenters. The zero-order valence-corrected chi connectivity index (χ0v) is 14.6. The van der Waals surface area contributed by atoms with E-state index in [1.807, 2.05) is 11.9 Å². The minimum Gasteiger partial charge on any atom is -0.378 e. The largest absolute Gasteiger partial charge is 0.378 e. The minimum atomic E-state index is 0.282. The van der Waals surface area contributed by atoms with E-state index in [2.05, 4.69) is 29.2 Å². The molecule has 3 fully saturated rings. The Morgan fingerprint density at radius 1 is 1.21 bits per heavy atom. The molecule has 1 saturated heterocycles. The standard InChI is InChI=1S/C20H28N2O2/c1-21(20(23)18-13-15-6-7-16(18)12-15)14-17-4-2-3-5-19(17)22-8-10-24-11-9-22/h2-5,15-16,18H,6-14H2,1H3/t15-,16-,18-/m0/s1. The van der Waals surface area contributed by atoms with Gasteiger partial charge in [-0.3, -0.25) is 4.79 Å². The first kappa shape index (κ1) is 15.9. The summed E-state index contributed by atoms with van der Waals surface area (Å²) >= 11 is 0. The summed E-state index contributed by atoms with van der Waals surface area (Å²) in [5.74, 6) is 2.11. The van der Waals surface area contributed by atoms with E-state index in [9.17, 15) is 4.79 Å². The van der Waals surface area contributed by atoms with Gasteiger partial charge in [-0.25, -0.2) is 0 Å². The van der Waals surface area contributed by atoms with Gasteiger partial charge in [0.05, 0.1) is 13.2 Å². The molecule has 0 spiro atoms. The molecule has 2 saturated carbocycles. The van der Waals surface area contributed by atoms with Crippen LogP contribution in [-0.4, -0.2) is 44.2 Å². The summed E-state index contributed by atoms with van der Waals surface area (Å²) in [6.07, 6.45) is 5.02. The summed E-state index contributed by atoms with van der Waals surface area (Å²) in [5.41, 5.74) is 2.51. The summed E-state index contributed by atoms with van der Waals surface area (Å²) < 4.78 is 5.47. The fraction of sp³-hybridized carbons (Fsp3) is 0.650. The molecule has 3 aliphatic rings. The minimum absolute atomic E-state index is 0.282. The average molecular weight is 328 g/mol.